The fourth-order valence-electron chi connectivity index (χ4n) is 1.75. The van der Waals surface area contributed by atoms with Crippen molar-refractivity contribution in [1.29, 1.82) is 0 Å². The van der Waals surface area contributed by atoms with E-state index in [9.17, 15) is 18.0 Å². The number of carbonyl (C=O) groups excluding carboxylic acids is 1. The molecule has 0 aliphatic carbocycles. The molecule has 0 aliphatic heterocycles. The van der Waals surface area contributed by atoms with E-state index in [-0.39, 0.29) is 22.2 Å². The molecule has 0 aliphatic rings. The van der Waals surface area contributed by atoms with Gasteiger partial charge >= 0.3 is 6.18 Å². The summed E-state index contributed by atoms with van der Waals surface area (Å²) in [6.07, 6.45) is -5.00. The minimum Gasteiger partial charge on any atom is -0.339 e. The van der Waals surface area contributed by atoms with E-state index in [1.807, 2.05) is 0 Å². The number of nitrogens with one attached hydrogen (secondary N) is 3. The van der Waals surface area contributed by atoms with Crippen LogP contribution in [-0.4, -0.2) is 21.0 Å². The van der Waals surface area contributed by atoms with Gasteiger partial charge in [-0.15, -0.1) is 0 Å². The molecule has 12 heteroatoms. The van der Waals surface area contributed by atoms with E-state index < -0.39 is 27.6 Å². The maximum Gasteiger partial charge on any atom is 0.416 e. The summed E-state index contributed by atoms with van der Waals surface area (Å²) in [5, 5.41) is 7.27. The third kappa shape index (κ3) is 7.52. The lowest BCUT2D eigenvalue weighted by Crippen LogP contribution is -2.56. The number of anilines is 1. The number of alkyl halides is 6. The molecule has 0 aromatic heterocycles. The van der Waals surface area contributed by atoms with Gasteiger partial charge in [-0.05, 0) is 36.8 Å². The third-order valence-corrected chi connectivity index (χ3v) is 4.13. The van der Waals surface area contributed by atoms with Gasteiger partial charge in [0.2, 0.25) is 9.70 Å². The Kier molecular flexibility index (Phi) is 8.54. The van der Waals surface area contributed by atoms with Gasteiger partial charge in [0.25, 0.3) is 0 Å². The van der Waals surface area contributed by atoms with Gasteiger partial charge in [-0.1, -0.05) is 53.3 Å². The molecule has 1 aromatic carbocycles. The molecule has 1 atom stereocenters. The summed E-state index contributed by atoms with van der Waals surface area (Å²) in [5.74, 6) is -0.392. The number of hydrogen-bond acceptors (Lipinski definition) is 2. The smallest absolute Gasteiger partial charge is 0.339 e. The molecule has 1 rings (SSSR count). The Hall–Kier alpha value is -0.670. The Morgan fingerprint density at radius 2 is 1.85 bits per heavy atom. The average molecular weight is 471 g/mol. The molecule has 0 unspecified atom stereocenters. The normalized spacial score (nSPS) is 13.1. The van der Waals surface area contributed by atoms with Crippen LogP contribution in [0.3, 0.4) is 0 Å². The molecule has 146 valence electrons. The van der Waals surface area contributed by atoms with Crippen LogP contribution < -0.4 is 16.0 Å². The number of thiocarbonyl (C=S) groups is 1. The monoisotopic (exact) mass is 469 g/mol. The zero-order valence-electron chi connectivity index (χ0n) is 13.2. The second-order valence-corrected chi connectivity index (χ2v) is 8.27. The summed E-state index contributed by atoms with van der Waals surface area (Å²) in [6, 6.07) is 2.69. The van der Waals surface area contributed by atoms with E-state index >= 15 is 0 Å². The number of benzene rings is 1. The van der Waals surface area contributed by atoms with Gasteiger partial charge in [-0.2, -0.15) is 13.2 Å². The molecule has 0 fully saturated rings. The Labute approximate surface area is 173 Å². The summed E-state index contributed by atoms with van der Waals surface area (Å²) < 4.78 is 36.4. The van der Waals surface area contributed by atoms with Crippen molar-refractivity contribution in [3.05, 3.63) is 28.8 Å². The fourth-order valence-corrected chi connectivity index (χ4v) is 2.47. The molecule has 0 heterocycles. The van der Waals surface area contributed by atoms with Gasteiger partial charge in [0.15, 0.2) is 5.11 Å². The highest BCUT2D eigenvalue weighted by molar-refractivity contribution is 7.80. The molecular weight excluding hydrogens is 457 g/mol. The Morgan fingerprint density at radius 3 is 2.35 bits per heavy atom. The summed E-state index contributed by atoms with van der Waals surface area (Å²) in [4.78, 5) is 11.7. The van der Waals surface area contributed by atoms with Gasteiger partial charge in [0, 0.05) is 6.42 Å². The second-order valence-electron chi connectivity index (χ2n) is 5.08. The zero-order valence-corrected chi connectivity index (χ0v) is 17.0. The lowest BCUT2D eigenvalue weighted by Gasteiger charge is -2.28. The molecule has 4 nitrogen and oxygen atoms in total. The Balaban J connectivity index is 2.90. The van der Waals surface area contributed by atoms with Crippen LogP contribution in [0, 0.1) is 0 Å². The van der Waals surface area contributed by atoms with E-state index in [1.165, 1.54) is 0 Å². The third-order valence-electron chi connectivity index (χ3n) is 2.93. The van der Waals surface area contributed by atoms with E-state index in [1.54, 1.807) is 6.92 Å². The highest BCUT2D eigenvalue weighted by Crippen LogP contribution is 2.34. The lowest BCUT2D eigenvalue weighted by atomic mass is 10.2. The standard InChI is InChI=1S/C14H14Cl4F3N3OS/c1-2-3-10(25)23-11(13(16,17)18)24-12(26)22-9-6-7(14(19,20)21)4-5-8(9)15/h4-6,11H,2-3H2,1H3,(H,23,25)(H2,22,24,26)/t11-/m0/s1. The molecule has 0 saturated carbocycles. The summed E-state index contributed by atoms with van der Waals surface area (Å²) in [5.41, 5.74) is -1.01. The molecule has 0 bridgehead atoms. The molecule has 0 radical (unpaired) electrons. The second kappa shape index (κ2) is 9.50. The van der Waals surface area contributed by atoms with Gasteiger partial charge in [-0.3, -0.25) is 4.79 Å². The highest BCUT2D eigenvalue weighted by Gasteiger charge is 2.35. The van der Waals surface area contributed by atoms with Crippen molar-refractivity contribution >= 4 is 75.3 Å². The number of hydrogen-bond donors (Lipinski definition) is 3. The van der Waals surface area contributed by atoms with Crippen LogP contribution in [0.2, 0.25) is 5.02 Å². The van der Waals surface area contributed by atoms with Crippen molar-refractivity contribution in [1.82, 2.24) is 10.6 Å². The molecule has 0 spiro atoms. The Morgan fingerprint density at radius 1 is 1.23 bits per heavy atom. The van der Waals surface area contributed by atoms with Gasteiger partial charge in [0.05, 0.1) is 16.3 Å². The quantitative estimate of drug-likeness (QED) is 0.312. The topological polar surface area (TPSA) is 53.2 Å². The SMILES string of the molecule is CCCC(=O)N[C@@H](NC(=S)Nc1cc(C(F)(F)F)ccc1Cl)C(Cl)(Cl)Cl. The average Bonchev–Trinajstić information content (AvgIpc) is 2.47. The van der Waals surface area contributed by atoms with Crippen LogP contribution in [0.25, 0.3) is 0 Å². The lowest BCUT2D eigenvalue weighted by molar-refractivity contribution is -0.137. The van der Waals surface area contributed by atoms with Crippen LogP contribution in [0.5, 0.6) is 0 Å². The zero-order chi connectivity index (χ0) is 20.1. The first kappa shape index (κ1) is 23.4. The molecule has 1 amide bonds. The first-order valence-corrected chi connectivity index (χ1v) is 9.07. The van der Waals surface area contributed by atoms with Crippen molar-refractivity contribution in [2.24, 2.45) is 0 Å². The van der Waals surface area contributed by atoms with Crippen molar-refractivity contribution in [2.75, 3.05) is 5.32 Å². The van der Waals surface area contributed by atoms with Crippen LogP contribution in [0.4, 0.5) is 18.9 Å². The summed E-state index contributed by atoms with van der Waals surface area (Å²) in [7, 11) is 0. The summed E-state index contributed by atoms with van der Waals surface area (Å²) in [6.45, 7) is 1.79. The largest absolute Gasteiger partial charge is 0.416 e. The predicted molar refractivity (Wildman–Crippen MR) is 103 cm³/mol. The molecule has 0 saturated heterocycles. The number of amides is 1. The highest BCUT2D eigenvalue weighted by atomic mass is 35.6. The van der Waals surface area contributed by atoms with Gasteiger partial charge < -0.3 is 16.0 Å². The number of carbonyl (C=O) groups is 1. The van der Waals surface area contributed by atoms with Gasteiger partial charge in [-0.25, -0.2) is 0 Å². The van der Waals surface area contributed by atoms with Crippen LogP contribution in [-0.2, 0) is 11.0 Å². The van der Waals surface area contributed by atoms with E-state index in [0.717, 1.165) is 18.2 Å². The number of rotatable bonds is 5. The molecule has 3 N–H and O–H groups in total. The Bertz CT molecular complexity index is 668. The predicted octanol–water partition coefficient (Wildman–Crippen LogP) is 5.26. The molecular formula is C14H14Cl4F3N3OS. The van der Waals surface area contributed by atoms with Crippen molar-refractivity contribution < 1.29 is 18.0 Å². The first-order valence-electron chi connectivity index (χ1n) is 7.15. The fraction of sp³-hybridized carbons (Fsp3) is 0.429. The maximum atomic E-state index is 12.8. The van der Waals surface area contributed by atoms with Crippen molar-refractivity contribution in [3.63, 3.8) is 0 Å². The van der Waals surface area contributed by atoms with Crippen molar-refractivity contribution in [2.45, 2.75) is 35.9 Å². The van der Waals surface area contributed by atoms with Crippen LogP contribution >= 0.6 is 58.6 Å². The van der Waals surface area contributed by atoms with Crippen molar-refractivity contribution in [3.8, 4) is 0 Å². The maximum absolute atomic E-state index is 12.8. The van der Waals surface area contributed by atoms with E-state index in [0.29, 0.717) is 6.42 Å². The van der Waals surface area contributed by atoms with Crippen LogP contribution in [0.15, 0.2) is 18.2 Å². The van der Waals surface area contributed by atoms with Gasteiger partial charge in [0.1, 0.15) is 6.17 Å². The molecule has 26 heavy (non-hydrogen) atoms. The summed E-state index contributed by atoms with van der Waals surface area (Å²) >= 11 is 28.3. The van der Waals surface area contributed by atoms with E-state index in [2.05, 4.69) is 16.0 Å². The van der Waals surface area contributed by atoms with Crippen LogP contribution in [0.1, 0.15) is 25.3 Å². The first-order chi connectivity index (χ1) is 11.8. The molecule has 1 aromatic rings. The minimum absolute atomic E-state index is 0.00241. The minimum atomic E-state index is -4.55. The number of halogens is 7. The van der Waals surface area contributed by atoms with E-state index in [4.69, 9.17) is 58.6 Å².